The zero-order chi connectivity index (χ0) is 18.4. The molecule has 27 heavy (non-hydrogen) atoms. The van der Waals surface area contributed by atoms with Crippen LogP contribution in [0.5, 0.6) is 0 Å². The molecule has 1 saturated carbocycles. The minimum absolute atomic E-state index is 0.0708. The summed E-state index contributed by atoms with van der Waals surface area (Å²) in [7, 11) is 0. The average Bonchev–Trinajstić information content (AvgIpc) is 3.28. The summed E-state index contributed by atoms with van der Waals surface area (Å²) < 4.78 is 8.02. The zero-order valence-electron chi connectivity index (χ0n) is 15.4. The van der Waals surface area contributed by atoms with Gasteiger partial charge in [-0.05, 0) is 38.0 Å². The number of rotatable bonds is 3. The fraction of sp³-hybridized carbons (Fsp3) is 0.450. The quantitative estimate of drug-likeness (QED) is 0.671. The molecule has 0 atom stereocenters. The molecule has 2 N–H and O–H groups in total. The smallest absolute Gasteiger partial charge is 0.225 e. The molecule has 0 bridgehead atoms. The molecule has 1 fully saturated rings. The van der Waals surface area contributed by atoms with Crippen molar-refractivity contribution in [1.29, 1.82) is 0 Å². The van der Waals surface area contributed by atoms with Gasteiger partial charge in [0.15, 0.2) is 0 Å². The Labute approximate surface area is 163 Å². The number of anilines is 1. The Hall–Kier alpha value is -2.41. The summed E-state index contributed by atoms with van der Waals surface area (Å²) >= 11 is 5.60. The van der Waals surface area contributed by atoms with Crippen LogP contribution >= 0.6 is 12.2 Å². The second kappa shape index (κ2) is 6.34. The standard InChI is InChI=1S/C20H23N5OS/c1-13-5-6-15(26-13)11-22-19-21-10-14-9-16-18(27)23-12-20(7-3-2-4-8-20)25(16)17(14)24-19/h5-6,9-10H,2-4,7-8,11-12H2,1H3,(H,23,27)(H,21,22,24). The Morgan fingerprint density at radius 3 is 2.93 bits per heavy atom. The Kier molecular flexibility index (Phi) is 3.93. The molecule has 1 aliphatic heterocycles. The van der Waals surface area contributed by atoms with Crippen molar-refractivity contribution < 1.29 is 4.42 Å². The first-order valence-corrected chi connectivity index (χ1v) is 10.0. The number of nitrogens with one attached hydrogen (secondary N) is 2. The van der Waals surface area contributed by atoms with Crippen LogP contribution in [0.4, 0.5) is 5.95 Å². The molecule has 0 saturated heterocycles. The summed E-state index contributed by atoms with van der Waals surface area (Å²) in [5.41, 5.74) is 2.12. The van der Waals surface area contributed by atoms with Gasteiger partial charge in [0.1, 0.15) is 22.2 Å². The molecule has 7 heteroatoms. The minimum atomic E-state index is 0.0708. The SMILES string of the molecule is Cc1ccc(CNc2ncc3cc4n(c3n2)C2(CCCCC2)CNC4=S)o1. The molecule has 1 aliphatic carbocycles. The zero-order valence-corrected chi connectivity index (χ0v) is 16.2. The monoisotopic (exact) mass is 381 g/mol. The van der Waals surface area contributed by atoms with Gasteiger partial charge in [0.25, 0.3) is 0 Å². The lowest BCUT2D eigenvalue weighted by Gasteiger charge is -2.43. The Morgan fingerprint density at radius 2 is 2.15 bits per heavy atom. The lowest BCUT2D eigenvalue weighted by atomic mass is 9.80. The highest BCUT2D eigenvalue weighted by atomic mass is 32.1. The summed E-state index contributed by atoms with van der Waals surface area (Å²) in [5.74, 6) is 2.40. The third kappa shape index (κ3) is 2.81. The molecule has 2 aliphatic rings. The van der Waals surface area contributed by atoms with Crippen LogP contribution in [-0.2, 0) is 12.1 Å². The summed E-state index contributed by atoms with van der Waals surface area (Å²) in [6.07, 6.45) is 8.03. The molecular weight excluding hydrogens is 358 g/mol. The maximum atomic E-state index is 5.62. The topological polar surface area (TPSA) is 67.9 Å². The lowest BCUT2D eigenvalue weighted by molar-refractivity contribution is 0.193. The highest BCUT2D eigenvalue weighted by Gasteiger charge is 2.40. The summed E-state index contributed by atoms with van der Waals surface area (Å²) in [6.45, 7) is 3.40. The molecule has 3 aromatic rings. The predicted molar refractivity (Wildman–Crippen MR) is 109 cm³/mol. The predicted octanol–water partition coefficient (Wildman–Crippen LogP) is 3.88. The molecular formula is C20H23N5OS. The maximum absolute atomic E-state index is 5.62. The van der Waals surface area contributed by atoms with Gasteiger partial charge in [0.2, 0.25) is 5.95 Å². The first-order valence-electron chi connectivity index (χ1n) is 9.61. The van der Waals surface area contributed by atoms with E-state index in [1.54, 1.807) is 0 Å². The van der Waals surface area contributed by atoms with Crippen LogP contribution in [0.15, 0.2) is 28.8 Å². The van der Waals surface area contributed by atoms with Crippen molar-refractivity contribution in [2.24, 2.45) is 0 Å². The third-order valence-electron chi connectivity index (χ3n) is 5.83. The van der Waals surface area contributed by atoms with E-state index in [0.29, 0.717) is 12.5 Å². The van der Waals surface area contributed by atoms with Crippen molar-refractivity contribution >= 4 is 34.2 Å². The summed E-state index contributed by atoms with van der Waals surface area (Å²) in [5, 5.41) is 7.79. The fourth-order valence-corrected chi connectivity index (χ4v) is 4.71. The van der Waals surface area contributed by atoms with Crippen molar-refractivity contribution in [3.05, 3.63) is 41.6 Å². The lowest BCUT2D eigenvalue weighted by Crippen LogP contribution is -2.52. The van der Waals surface area contributed by atoms with Crippen LogP contribution in [0, 0.1) is 6.92 Å². The first kappa shape index (κ1) is 16.7. The van der Waals surface area contributed by atoms with Gasteiger partial charge in [0, 0.05) is 18.1 Å². The number of thiocarbonyl (C=S) groups is 1. The van der Waals surface area contributed by atoms with Crippen LogP contribution in [0.3, 0.4) is 0 Å². The van der Waals surface area contributed by atoms with Gasteiger partial charge < -0.3 is 19.6 Å². The van der Waals surface area contributed by atoms with Gasteiger partial charge >= 0.3 is 0 Å². The molecule has 0 radical (unpaired) electrons. The van der Waals surface area contributed by atoms with Crippen molar-refractivity contribution in [1.82, 2.24) is 19.9 Å². The second-order valence-corrected chi connectivity index (χ2v) is 8.08. The van der Waals surface area contributed by atoms with Gasteiger partial charge in [-0.3, -0.25) is 0 Å². The van der Waals surface area contributed by atoms with Crippen molar-refractivity contribution in [3.8, 4) is 0 Å². The normalized spacial score (nSPS) is 18.5. The molecule has 0 unspecified atom stereocenters. The molecule has 3 aromatic heterocycles. The number of hydrogen-bond acceptors (Lipinski definition) is 5. The van der Waals surface area contributed by atoms with E-state index in [0.717, 1.165) is 52.6 Å². The van der Waals surface area contributed by atoms with E-state index in [1.807, 2.05) is 25.3 Å². The summed E-state index contributed by atoms with van der Waals surface area (Å²) in [6, 6.07) is 6.06. The Bertz CT molecular complexity index is 1010. The molecule has 5 rings (SSSR count). The molecule has 1 spiro atoms. The van der Waals surface area contributed by atoms with Gasteiger partial charge in [-0.15, -0.1) is 0 Å². The van der Waals surface area contributed by atoms with Crippen LogP contribution in [-0.4, -0.2) is 26.1 Å². The maximum Gasteiger partial charge on any atom is 0.225 e. The van der Waals surface area contributed by atoms with Gasteiger partial charge in [-0.1, -0.05) is 31.5 Å². The third-order valence-corrected chi connectivity index (χ3v) is 6.18. The van der Waals surface area contributed by atoms with E-state index < -0.39 is 0 Å². The Morgan fingerprint density at radius 1 is 1.30 bits per heavy atom. The van der Waals surface area contributed by atoms with Crippen LogP contribution in [0.2, 0.25) is 0 Å². The van der Waals surface area contributed by atoms with Crippen LogP contribution < -0.4 is 10.6 Å². The number of hydrogen-bond donors (Lipinski definition) is 2. The number of aromatic nitrogens is 3. The summed E-state index contributed by atoms with van der Waals surface area (Å²) in [4.78, 5) is 10.2. The molecule has 0 aromatic carbocycles. The number of fused-ring (bicyclic) bond motifs is 4. The number of nitrogens with zero attached hydrogens (tertiary/aromatic N) is 3. The van der Waals surface area contributed by atoms with E-state index in [9.17, 15) is 0 Å². The second-order valence-electron chi connectivity index (χ2n) is 7.67. The fourth-order valence-electron chi connectivity index (χ4n) is 4.49. The van der Waals surface area contributed by atoms with E-state index in [-0.39, 0.29) is 5.54 Å². The average molecular weight is 382 g/mol. The van der Waals surface area contributed by atoms with E-state index in [4.69, 9.17) is 21.6 Å². The van der Waals surface area contributed by atoms with Gasteiger partial charge in [0.05, 0.1) is 17.8 Å². The highest BCUT2D eigenvalue weighted by molar-refractivity contribution is 7.80. The minimum Gasteiger partial charge on any atom is -0.465 e. The molecule has 0 amide bonds. The molecule has 6 nitrogen and oxygen atoms in total. The van der Waals surface area contributed by atoms with Gasteiger partial charge in [-0.2, -0.15) is 4.98 Å². The largest absolute Gasteiger partial charge is 0.465 e. The van der Waals surface area contributed by atoms with Crippen molar-refractivity contribution in [2.45, 2.75) is 51.1 Å². The van der Waals surface area contributed by atoms with Crippen LogP contribution in [0.1, 0.15) is 49.3 Å². The van der Waals surface area contributed by atoms with Gasteiger partial charge in [-0.25, -0.2) is 4.98 Å². The van der Waals surface area contributed by atoms with Crippen molar-refractivity contribution in [2.75, 3.05) is 11.9 Å². The Balaban J connectivity index is 1.54. The van der Waals surface area contributed by atoms with Crippen molar-refractivity contribution in [3.63, 3.8) is 0 Å². The van der Waals surface area contributed by atoms with E-state index in [1.165, 1.54) is 19.3 Å². The van der Waals surface area contributed by atoms with E-state index >= 15 is 0 Å². The first-order chi connectivity index (χ1) is 13.1. The molecule has 140 valence electrons. The van der Waals surface area contributed by atoms with Crippen LogP contribution in [0.25, 0.3) is 11.0 Å². The molecule has 4 heterocycles. The number of furan rings is 1. The van der Waals surface area contributed by atoms with E-state index in [2.05, 4.69) is 26.3 Å². The number of aryl methyl sites for hydroxylation is 1. The highest BCUT2D eigenvalue weighted by Crippen LogP contribution is 2.40.